The molecule has 0 saturated carbocycles. The third-order valence-electron chi connectivity index (χ3n) is 3.92. The number of aliphatic carboxylic acids is 1. The van der Waals surface area contributed by atoms with Crippen molar-refractivity contribution in [2.45, 2.75) is 26.7 Å². The lowest BCUT2D eigenvalue weighted by molar-refractivity contribution is -0.142. The monoisotopic (exact) mass is 312 g/mol. The molecule has 2 N–H and O–H groups in total. The first-order chi connectivity index (χ1) is 9.81. The van der Waals surface area contributed by atoms with Gasteiger partial charge in [-0.15, -0.1) is 0 Å². The maximum atomic E-state index is 12.4. The van der Waals surface area contributed by atoms with Crippen LogP contribution in [0.1, 0.15) is 24.0 Å². The summed E-state index contributed by atoms with van der Waals surface area (Å²) in [7, 11) is -3.72. The second kappa shape index (κ2) is 6.03. The molecule has 0 aliphatic carbocycles. The number of aryl methyl sites for hydroxylation is 1. The predicted molar refractivity (Wildman–Crippen MR) is 80.4 cm³/mol. The van der Waals surface area contributed by atoms with Gasteiger partial charge in [0.15, 0.2) is 0 Å². The molecular weight excluding hydrogens is 292 g/mol. The first kappa shape index (κ1) is 15.8. The van der Waals surface area contributed by atoms with Crippen molar-refractivity contribution in [2.24, 2.45) is 5.92 Å². The Morgan fingerprint density at radius 2 is 2.10 bits per heavy atom. The molecule has 116 valence electrons. The van der Waals surface area contributed by atoms with Crippen LogP contribution in [0.5, 0.6) is 0 Å². The van der Waals surface area contributed by atoms with Crippen molar-refractivity contribution in [1.29, 1.82) is 0 Å². The van der Waals surface area contributed by atoms with Gasteiger partial charge in [-0.3, -0.25) is 9.52 Å². The Morgan fingerprint density at radius 3 is 2.76 bits per heavy atom. The topological polar surface area (TPSA) is 86.7 Å². The number of carbonyl (C=O) groups is 1. The van der Waals surface area contributed by atoms with Crippen LogP contribution in [0.3, 0.4) is 0 Å². The molecule has 0 bridgehead atoms. The first-order valence-electron chi connectivity index (χ1n) is 6.88. The summed E-state index contributed by atoms with van der Waals surface area (Å²) < 4.78 is 28.6. The zero-order valence-electron chi connectivity index (χ0n) is 12.2. The summed E-state index contributed by atoms with van der Waals surface area (Å²) in [5.41, 5.74) is 2.40. The number of carboxylic acids is 1. The van der Waals surface area contributed by atoms with E-state index in [1.807, 2.05) is 19.9 Å². The van der Waals surface area contributed by atoms with Gasteiger partial charge in [0.25, 0.3) is 0 Å². The van der Waals surface area contributed by atoms with E-state index in [1.165, 1.54) is 4.31 Å². The van der Waals surface area contributed by atoms with Crippen LogP contribution < -0.4 is 4.72 Å². The van der Waals surface area contributed by atoms with Crippen LogP contribution in [0, 0.1) is 19.8 Å². The second-order valence-electron chi connectivity index (χ2n) is 5.39. The fourth-order valence-electron chi connectivity index (χ4n) is 2.43. The van der Waals surface area contributed by atoms with Gasteiger partial charge in [-0.1, -0.05) is 12.1 Å². The van der Waals surface area contributed by atoms with Crippen LogP contribution >= 0.6 is 0 Å². The normalized spacial score (nSPS) is 20.2. The molecule has 1 aliphatic heterocycles. The number of hydrogen-bond donors (Lipinski definition) is 2. The Labute approximate surface area is 125 Å². The molecule has 1 aromatic rings. The third kappa shape index (κ3) is 3.54. The molecule has 1 unspecified atom stereocenters. The molecule has 1 aromatic carbocycles. The summed E-state index contributed by atoms with van der Waals surface area (Å²) in [5.74, 6) is -1.57. The molecule has 21 heavy (non-hydrogen) atoms. The van der Waals surface area contributed by atoms with Crippen molar-refractivity contribution in [3.63, 3.8) is 0 Å². The van der Waals surface area contributed by atoms with Crippen molar-refractivity contribution in [2.75, 3.05) is 17.8 Å². The van der Waals surface area contributed by atoms with Crippen LogP contribution in [-0.4, -0.2) is 36.9 Å². The van der Waals surface area contributed by atoms with Crippen molar-refractivity contribution in [3.8, 4) is 0 Å². The highest BCUT2D eigenvalue weighted by Gasteiger charge is 2.32. The van der Waals surface area contributed by atoms with Crippen molar-refractivity contribution in [1.82, 2.24) is 4.31 Å². The van der Waals surface area contributed by atoms with E-state index in [0.717, 1.165) is 11.1 Å². The molecule has 1 atom stereocenters. The van der Waals surface area contributed by atoms with Gasteiger partial charge in [0.1, 0.15) is 0 Å². The maximum Gasteiger partial charge on any atom is 0.307 e. The zero-order valence-corrected chi connectivity index (χ0v) is 13.0. The quantitative estimate of drug-likeness (QED) is 0.887. The van der Waals surface area contributed by atoms with Gasteiger partial charge >= 0.3 is 16.2 Å². The van der Waals surface area contributed by atoms with Crippen LogP contribution in [0.4, 0.5) is 5.69 Å². The summed E-state index contributed by atoms with van der Waals surface area (Å²) in [6.07, 6.45) is 1.08. The van der Waals surface area contributed by atoms with Gasteiger partial charge in [0.2, 0.25) is 0 Å². The minimum atomic E-state index is -3.72. The van der Waals surface area contributed by atoms with Crippen LogP contribution in [0.2, 0.25) is 0 Å². The molecule has 2 rings (SSSR count). The number of hydrogen-bond acceptors (Lipinski definition) is 3. The number of piperidine rings is 1. The number of benzene rings is 1. The second-order valence-corrected chi connectivity index (χ2v) is 7.06. The largest absolute Gasteiger partial charge is 0.481 e. The highest BCUT2D eigenvalue weighted by molar-refractivity contribution is 7.90. The lowest BCUT2D eigenvalue weighted by Gasteiger charge is -2.30. The van der Waals surface area contributed by atoms with Crippen molar-refractivity contribution >= 4 is 21.9 Å². The number of nitrogens with one attached hydrogen (secondary N) is 1. The van der Waals surface area contributed by atoms with Gasteiger partial charge in [-0.05, 0) is 43.9 Å². The lowest BCUT2D eigenvalue weighted by Crippen LogP contribution is -2.44. The highest BCUT2D eigenvalue weighted by atomic mass is 32.2. The summed E-state index contributed by atoms with van der Waals surface area (Å²) in [5, 5.41) is 9.05. The van der Waals surface area contributed by atoms with Crippen LogP contribution in [0.15, 0.2) is 18.2 Å². The molecule has 6 nitrogen and oxygen atoms in total. The summed E-state index contributed by atoms with van der Waals surface area (Å²) in [4.78, 5) is 11.0. The van der Waals surface area contributed by atoms with Crippen molar-refractivity contribution in [3.05, 3.63) is 29.3 Å². The van der Waals surface area contributed by atoms with Gasteiger partial charge < -0.3 is 5.11 Å². The minimum Gasteiger partial charge on any atom is -0.481 e. The van der Waals surface area contributed by atoms with E-state index in [-0.39, 0.29) is 6.54 Å². The SMILES string of the molecule is Cc1cccc(NS(=O)(=O)N2CCCC(C(=O)O)C2)c1C. The zero-order chi connectivity index (χ0) is 15.6. The lowest BCUT2D eigenvalue weighted by atomic mass is 10.0. The third-order valence-corrected chi connectivity index (χ3v) is 5.41. The van der Waals surface area contributed by atoms with E-state index in [1.54, 1.807) is 12.1 Å². The average Bonchev–Trinajstić information content (AvgIpc) is 2.44. The van der Waals surface area contributed by atoms with E-state index in [9.17, 15) is 13.2 Å². The molecule has 0 radical (unpaired) electrons. The highest BCUT2D eigenvalue weighted by Crippen LogP contribution is 2.23. The first-order valence-corrected chi connectivity index (χ1v) is 8.32. The molecule has 1 heterocycles. The molecule has 0 amide bonds. The Kier molecular flexibility index (Phi) is 4.53. The maximum absolute atomic E-state index is 12.4. The number of nitrogens with zero attached hydrogens (tertiary/aromatic N) is 1. The number of anilines is 1. The Bertz CT molecular complexity index is 642. The molecule has 0 aromatic heterocycles. The number of rotatable bonds is 4. The molecule has 1 aliphatic rings. The Hall–Kier alpha value is -1.60. The van der Waals surface area contributed by atoms with Gasteiger partial charge in [0, 0.05) is 13.1 Å². The molecular formula is C14H20N2O4S. The summed E-state index contributed by atoms with van der Waals surface area (Å²) in [6, 6.07) is 5.41. The Balaban J connectivity index is 2.18. The van der Waals surface area contributed by atoms with Gasteiger partial charge in [0.05, 0.1) is 11.6 Å². The molecule has 1 fully saturated rings. The fourth-order valence-corrected chi connectivity index (χ4v) is 3.80. The smallest absolute Gasteiger partial charge is 0.307 e. The van der Waals surface area contributed by atoms with E-state index >= 15 is 0 Å². The Morgan fingerprint density at radius 1 is 1.38 bits per heavy atom. The van der Waals surface area contributed by atoms with E-state index < -0.39 is 22.1 Å². The van der Waals surface area contributed by atoms with Crippen LogP contribution in [0.25, 0.3) is 0 Å². The molecule has 1 saturated heterocycles. The summed E-state index contributed by atoms with van der Waals surface area (Å²) in [6.45, 7) is 4.14. The predicted octanol–water partition coefficient (Wildman–Crippen LogP) is 1.76. The van der Waals surface area contributed by atoms with Gasteiger partial charge in [-0.2, -0.15) is 12.7 Å². The molecule has 7 heteroatoms. The van der Waals surface area contributed by atoms with Gasteiger partial charge in [-0.25, -0.2) is 0 Å². The fraction of sp³-hybridized carbons (Fsp3) is 0.500. The minimum absolute atomic E-state index is 0.0233. The van der Waals surface area contributed by atoms with Crippen LogP contribution in [-0.2, 0) is 15.0 Å². The summed E-state index contributed by atoms with van der Waals surface area (Å²) >= 11 is 0. The van der Waals surface area contributed by atoms with E-state index in [0.29, 0.717) is 25.1 Å². The number of carboxylic acid groups (broad SMARTS) is 1. The average molecular weight is 312 g/mol. The van der Waals surface area contributed by atoms with E-state index in [4.69, 9.17) is 5.11 Å². The van der Waals surface area contributed by atoms with E-state index in [2.05, 4.69) is 4.72 Å². The van der Waals surface area contributed by atoms with Crippen molar-refractivity contribution < 1.29 is 18.3 Å². The standard InChI is InChI=1S/C14H20N2O4S/c1-10-5-3-7-13(11(10)2)15-21(19,20)16-8-4-6-12(9-16)14(17)18/h3,5,7,12,15H,4,6,8-9H2,1-2H3,(H,17,18). The molecule has 0 spiro atoms.